The van der Waals surface area contributed by atoms with E-state index < -0.39 is 0 Å². The van der Waals surface area contributed by atoms with E-state index in [0.717, 1.165) is 45.4 Å². The van der Waals surface area contributed by atoms with Crippen LogP contribution in [0.4, 0.5) is 17.1 Å². The Balaban J connectivity index is 1.18. The third-order valence-electron chi connectivity index (χ3n) is 13.4. The molecule has 2 aromatic heterocycles. The quantitative estimate of drug-likeness (QED) is 0.180. The summed E-state index contributed by atoms with van der Waals surface area (Å²) < 4.78 is 9.06. The molecule has 0 radical (unpaired) electrons. The molecule has 56 heavy (non-hydrogen) atoms. The Morgan fingerprint density at radius 3 is 1.93 bits per heavy atom. The number of anilines is 3. The maximum absolute atomic E-state index is 6.51. The second-order valence-electron chi connectivity index (χ2n) is 18.0. The minimum atomic E-state index is -0.125. The van der Waals surface area contributed by atoms with Crippen molar-refractivity contribution in [3.63, 3.8) is 0 Å². The highest BCUT2D eigenvalue weighted by atomic mass is 16.3. The summed E-state index contributed by atoms with van der Waals surface area (Å²) in [7, 11) is 0. The predicted molar refractivity (Wildman–Crippen MR) is 236 cm³/mol. The molecule has 3 heteroatoms. The van der Waals surface area contributed by atoms with E-state index in [4.69, 9.17) is 4.42 Å². The molecule has 274 valence electrons. The van der Waals surface area contributed by atoms with Gasteiger partial charge < -0.3 is 13.9 Å². The molecule has 9 aromatic rings. The van der Waals surface area contributed by atoms with Crippen LogP contribution in [0.5, 0.6) is 0 Å². The number of para-hydroxylation sites is 2. The molecule has 2 aliphatic rings. The zero-order valence-electron chi connectivity index (χ0n) is 33.1. The van der Waals surface area contributed by atoms with Gasteiger partial charge in [-0.25, -0.2) is 0 Å². The summed E-state index contributed by atoms with van der Waals surface area (Å²) in [4.78, 5) is 2.43. The van der Waals surface area contributed by atoms with Crippen LogP contribution < -0.4 is 4.90 Å². The molecule has 0 bridgehead atoms. The van der Waals surface area contributed by atoms with Crippen LogP contribution in [0.25, 0.3) is 60.6 Å². The molecule has 0 N–H and O–H groups in total. The number of rotatable bonds is 4. The number of benzene rings is 7. The zero-order chi connectivity index (χ0) is 38.1. The summed E-state index contributed by atoms with van der Waals surface area (Å²) in [6, 6.07) is 54.0. The Hall–Kier alpha value is -6.06. The number of fused-ring (bicyclic) bond motifs is 10. The average Bonchev–Trinajstić information content (AvgIpc) is 3.81. The van der Waals surface area contributed by atoms with Gasteiger partial charge in [0.25, 0.3) is 0 Å². The first-order chi connectivity index (χ1) is 27.0. The molecule has 0 saturated heterocycles. The fraction of sp³-hybridized carbons (Fsp3) is 0.208. The number of nitrogens with zero attached hydrogens (tertiary/aromatic N) is 2. The van der Waals surface area contributed by atoms with Gasteiger partial charge >= 0.3 is 0 Å². The van der Waals surface area contributed by atoms with Crippen molar-refractivity contribution in [3.8, 4) is 16.8 Å². The highest BCUT2D eigenvalue weighted by molar-refractivity contribution is 6.11. The van der Waals surface area contributed by atoms with Gasteiger partial charge in [-0.3, -0.25) is 0 Å². The Kier molecular flexibility index (Phi) is 6.83. The monoisotopic (exact) mass is 726 g/mol. The van der Waals surface area contributed by atoms with Crippen LogP contribution >= 0.6 is 0 Å². The minimum Gasteiger partial charge on any atom is -0.456 e. The SMILES string of the molecule is CC1(C)CCC(C)(C)c2c(-n3c4ccccc4c4ccc(N(c5ccc6c(c5)C(C)(C)c5ccccc5-6)c5ccc6c(c5)oc5ccccc56)cc43)cccc21. The van der Waals surface area contributed by atoms with Gasteiger partial charge in [0, 0.05) is 50.1 Å². The smallest absolute Gasteiger partial charge is 0.137 e. The Labute approximate surface area is 328 Å². The van der Waals surface area contributed by atoms with E-state index in [1.54, 1.807) is 0 Å². The summed E-state index contributed by atoms with van der Waals surface area (Å²) in [5.74, 6) is 0. The molecule has 3 nitrogen and oxygen atoms in total. The maximum Gasteiger partial charge on any atom is 0.137 e. The van der Waals surface area contributed by atoms with E-state index in [1.165, 1.54) is 67.3 Å². The normalized spacial score (nSPS) is 16.3. The first-order valence-electron chi connectivity index (χ1n) is 20.1. The number of furan rings is 1. The second-order valence-corrected chi connectivity index (χ2v) is 18.0. The van der Waals surface area contributed by atoms with Gasteiger partial charge in [-0.05, 0) is 112 Å². The van der Waals surface area contributed by atoms with E-state index in [0.29, 0.717) is 0 Å². The van der Waals surface area contributed by atoms with Crippen molar-refractivity contribution >= 4 is 60.8 Å². The van der Waals surface area contributed by atoms with Crippen LogP contribution in [0, 0.1) is 0 Å². The Morgan fingerprint density at radius 1 is 0.464 bits per heavy atom. The fourth-order valence-electron chi connectivity index (χ4n) is 10.4. The van der Waals surface area contributed by atoms with Crippen LogP contribution in [0.15, 0.2) is 150 Å². The third-order valence-corrected chi connectivity index (χ3v) is 13.4. The molecule has 0 saturated carbocycles. The van der Waals surface area contributed by atoms with Crippen LogP contribution in [-0.2, 0) is 16.2 Å². The first-order valence-corrected chi connectivity index (χ1v) is 20.1. The standard InChI is InChI=1S/C53H46N2O/c1-51(2)28-29-52(3,4)50-43(51)18-13-20-46(50)55-45-19-11-8-15-38(45)39-26-23-34(31-47(39)55)54(35-24-27-41-40-16-9-12-21-48(40)56-49(41)32-35)33-22-25-37-36-14-7-10-17-42(36)53(5,6)44(37)30-33/h7-27,30-32H,28-29H2,1-6H3. The largest absolute Gasteiger partial charge is 0.456 e. The van der Waals surface area contributed by atoms with Crippen LogP contribution in [0.2, 0.25) is 0 Å². The maximum atomic E-state index is 6.51. The molecule has 0 spiro atoms. The van der Waals surface area contributed by atoms with Crippen molar-refractivity contribution in [2.75, 3.05) is 4.90 Å². The summed E-state index contributed by atoms with van der Waals surface area (Å²) in [6.45, 7) is 14.4. The van der Waals surface area contributed by atoms with Gasteiger partial charge in [0.05, 0.1) is 16.7 Å². The zero-order valence-corrected chi connectivity index (χ0v) is 33.1. The van der Waals surface area contributed by atoms with Crippen LogP contribution in [-0.4, -0.2) is 4.57 Å². The van der Waals surface area contributed by atoms with Gasteiger partial charge in [0.2, 0.25) is 0 Å². The summed E-state index contributed by atoms with van der Waals surface area (Å²) >= 11 is 0. The molecule has 2 heterocycles. The lowest BCUT2D eigenvalue weighted by atomic mass is 9.62. The molecule has 2 aliphatic carbocycles. The van der Waals surface area contributed by atoms with Gasteiger partial charge in [-0.2, -0.15) is 0 Å². The van der Waals surface area contributed by atoms with Crippen LogP contribution in [0.1, 0.15) is 76.6 Å². The Morgan fingerprint density at radius 2 is 1.07 bits per heavy atom. The molecule has 7 aromatic carbocycles. The summed E-state index contributed by atoms with van der Waals surface area (Å²) in [5.41, 5.74) is 17.2. The number of hydrogen-bond donors (Lipinski definition) is 0. The van der Waals surface area contributed by atoms with E-state index in [9.17, 15) is 0 Å². The topological polar surface area (TPSA) is 21.3 Å². The van der Waals surface area contributed by atoms with Gasteiger partial charge in [-0.1, -0.05) is 126 Å². The molecule has 0 fully saturated rings. The molecule has 0 aliphatic heterocycles. The molecule has 11 rings (SSSR count). The minimum absolute atomic E-state index is 0.0413. The van der Waals surface area contributed by atoms with Crippen molar-refractivity contribution in [1.82, 2.24) is 4.57 Å². The molecule has 0 unspecified atom stereocenters. The van der Waals surface area contributed by atoms with Gasteiger partial charge in [0.1, 0.15) is 11.2 Å². The van der Waals surface area contributed by atoms with E-state index in [2.05, 4.69) is 191 Å². The fourth-order valence-corrected chi connectivity index (χ4v) is 10.4. The van der Waals surface area contributed by atoms with E-state index in [1.807, 2.05) is 6.07 Å². The molecule has 0 atom stereocenters. The predicted octanol–water partition coefficient (Wildman–Crippen LogP) is 14.8. The Bertz CT molecular complexity index is 3080. The average molecular weight is 727 g/mol. The number of hydrogen-bond acceptors (Lipinski definition) is 2. The summed E-state index contributed by atoms with van der Waals surface area (Å²) in [5, 5.41) is 4.80. The van der Waals surface area contributed by atoms with Gasteiger partial charge in [-0.15, -0.1) is 0 Å². The van der Waals surface area contributed by atoms with E-state index in [-0.39, 0.29) is 16.2 Å². The number of aromatic nitrogens is 1. The van der Waals surface area contributed by atoms with Crippen molar-refractivity contribution < 1.29 is 4.42 Å². The first kappa shape index (κ1) is 33.3. The highest BCUT2D eigenvalue weighted by Crippen LogP contribution is 2.52. The van der Waals surface area contributed by atoms with Gasteiger partial charge in [0.15, 0.2) is 0 Å². The lowest BCUT2D eigenvalue weighted by molar-refractivity contribution is 0.331. The lowest BCUT2D eigenvalue weighted by Gasteiger charge is -2.43. The molecule has 0 amide bonds. The summed E-state index contributed by atoms with van der Waals surface area (Å²) in [6.07, 6.45) is 2.34. The van der Waals surface area contributed by atoms with Crippen molar-refractivity contribution in [1.29, 1.82) is 0 Å². The lowest BCUT2D eigenvalue weighted by Crippen LogP contribution is -2.35. The second kappa shape index (κ2) is 11.5. The molecular formula is C53H46N2O. The highest BCUT2D eigenvalue weighted by Gasteiger charge is 2.40. The van der Waals surface area contributed by atoms with Crippen LogP contribution in [0.3, 0.4) is 0 Å². The molecular weight excluding hydrogens is 681 g/mol. The van der Waals surface area contributed by atoms with Crippen molar-refractivity contribution in [2.24, 2.45) is 0 Å². The van der Waals surface area contributed by atoms with E-state index >= 15 is 0 Å². The van der Waals surface area contributed by atoms with Crippen molar-refractivity contribution in [2.45, 2.75) is 70.6 Å². The third kappa shape index (κ3) is 4.64. The van der Waals surface area contributed by atoms with Crippen molar-refractivity contribution in [3.05, 3.63) is 168 Å².